The van der Waals surface area contributed by atoms with Crippen LogP contribution in [0.15, 0.2) is 10.5 Å². The number of carboxylic acids is 1. The monoisotopic (exact) mass is 267 g/mol. The number of ether oxygens (including phenoxy) is 1. The molecule has 0 bridgehead atoms. The second-order valence-electron chi connectivity index (χ2n) is 5.51. The molecule has 0 aliphatic carbocycles. The van der Waals surface area contributed by atoms with Crippen LogP contribution in [0.5, 0.6) is 0 Å². The molecule has 0 saturated carbocycles. The Balaban J connectivity index is 1.85. The van der Waals surface area contributed by atoms with Gasteiger partial charge in [-0.15, -0.1) is 0 Å². The van der Waals surface area contributed by atoms with Crippen LogP contribution in [0.4, 0.5) is 0 Å². The van der Waals surface area contributed by atoms with Crippen LogP contribution in [0.2, 0.25) is 0 Å². The fourth-order valence-electron chi connectivity index (χ4n) is 2.37. The summed E-state index contributed by atoms with van der Waals surface area (Å²) in [5.41, 5.74) is 0.504. The number of nitrogens with one attached hydrogen (secondary N) is 1. The van der Waals surface area contributed by atoms with Gasteiger partial charge < -0.3 is 19.6 Å². The van der Waals surface area contributed by atoms with Gasteiger partial charge in [-0.2, -0.15) is 0 Å². The number of carboxylic acid groups (broad SMARTS) is 1. The number of aryl methyl sites for hydroxylation is 1. The minimum absolute atomic E-state index is 0.245. The van der Waals surface area contributed by atoms with E-state index in [0.29, 0.717) is 18.1 Å². The Hall–Kier alpha value is -1.33. The molecule has 0 aromatic carbocycles. The second kappa shape index (κ2) is 5.75. The molecule has 1 saturated heterocycles. The van der Waals surface area contributed by atoms with Crippen molar-refractivity contribution in [3.63, 3.8) is 0 Å². The molecule has 0 atom stereocenters. The van der Waals surface area contributed by atoms with Crippen molar-refractivity contribution in [2.75, 3.05) is 19.8 Å². The van der Waals surface area contributed by atoms with Crippen molar-refractivity contribution in [1.82, 2.24) is 5.32 Å². The standard InChI is InChI=1S/C14H21NO4/c1-10-12(13(16)17)7-11(19-10)8-15-9-14(2)3-5-18-6-4-14/h7,15H,3-6,8-9H2,1-2H3,(H,16,17). The first-order valence-electron chi connectivity index (χ1n) is 6.61. The van der Waals surface area contributed by atoms with Crippen LogP contribution in [0.3, 0.4) is 0 Å². The zero-order valence-corrected chi connectivity index (χ0v) is 11.5. The smallest absolute Gasteiger partial charge is 0.339 e. The highest BCUT2D eigenvalue weighted by atomic mass is 16.5. The predicted molar refractivity (Wildman–Crippen MR) is 70.3 cm³/mol. The van der Waals surface area contributed by atoms with Crippen molar-refractivity contribution in [3.8, 4) is 0 Å². The van der Waals surface area contributed by atoms with E-state index in [1.165, 1.54) is 0 Å². The third-order valence-corrected chi connectivity index (χ3v) is 3.75. The average Bonchev–Trinajstić information content (AvgIpc) is 2.71. The van der Waals surface area contributed by atoms with Crippen molar-refractivity contribution in [1.29, 1.82) is 0 Å². The Morgan fingerprint density at radius 2 is 2.16 bits per heavy atom. The maximum atomic E-state index is 10.9. The van der Waals surface area contributed by atoms with E-state index in [-0.39, 0.29) is 11.0 Å². The van der Waals surface area contributed by atoms with Crippen molar-refractivity contribution < 1.29 is 19.1 Å². The molecule has 1 aromatic heterocycles. The molecule has 5 heteroatoms. The van der Waals surface area contributed by atoms with Crippen LogP contribution < -0.4 is 5.32 Å². The molecule has 19 heavy (non-hydrogen) atoms. The fraction of sp³-hybridized carbons (Fsp3) is 0.643. The van der Waals surface area contributed by atoms with Gasteiger partial charge in [0.25, 0.3) is 0 Å². The third-order valence-electron chi connectivity index (χ3n) is 3.75. The van der Waals surface area contributed by atoms with E-state index in [1.54, 1.807) is 13.0 Å². The van der Waals surface area contributed by atoms with Gasteiger partial charge in [0.1, 0.15) is 17.1 Å². The molecule has 1 fully saturated rings. The summed E-state index contributed by atoms with van der Waals surface area (Å²) in [7, 11) is 0. The van der Waals surface area contributed by atoms with Crippen LogP contribution in [-0.4, -0.2) is 30.8 Å². The van der Waals surface area contributed by atoms with Gasteiger partial charge >= 0.3 is 5.97 Å². The molecule has 1 aliphatic heterocycles. The zero-order chi connectivity index (χ0) is 13.9. The first-order chi connectivity index (χ1) is 9.00. The summed E-state index contributed by atoms with van der Waals surface area (Å²) in [6.07, 6.45) is 2.11. The van der Waals surface area contributed by atoms with Gasteiger partial charge in [0.2, 0.25) is 0 Å². The molecule has 2 heterocycles. The van der Waals surface area contributed by atoms with Gasteiger partial charge in [0.15, 0.2) is 0 Å². The number of carbonyl (C=O) groups is 1. The highest BCUT2D eigenvalue weighted by Gasteiger charge is 2.26. The maximum Gasteiger partial charge on any atom is 0.339 e. The number of hydrogen-bond donors (Lipinski definition) is 2. The van der Waals surface area contributed by atoms with Gasteiger partial charge in [-0.25, -0.2) is 4.79 Å². The van der Waals surface area contributed by atoms with Gasteiger partial charge in [0.05, 0.1) is 6.54 Å². The highest BCUT2D eigenvalue weighted by Crippen LogP contribution is 2.28. The molecule has 5 nitrogen and oxygen atoms in total. The Kier molecular flexibility index (Phi) is 4.27. The first kappa shape index (κ1) is 14.1. The molecule has 2 rings (SSSR count). The van der Waals surface area contributed by atoms with Gasteiger partial charge in [-0.05, 0) is 31.2 Å². The van der Waals surface area contributed by atoms with Gasteiger partial charge in [0, 0.05) is 19.8 Å². The third kappa shape index (κ3) is 3.58. The van der Waals surface area contributed by atoms with Crippen molar-refractivity contribution in [3.05, 3.63) is 23.2 Å². The molecule has 2 N–H and O–H groups in total. The Bertz CT molecular complexity index is 446. The molecule has 106 valence electrons. The first-order valence-corrected chi connectivity index (χ1v) is 6.61. The van der Waals surface area contributed by atoms with E-state index >= 15 is 0 Å². The molecular formula is C14H21NO4. The molecule has 0 radical (unpaired) electrons. The van der Waals surface area contributed by atoms with E-state index in [9.17, 15) is 4.79 Å². The lowest BCUT2D eigenvalue weighted by molar-refractivity contribution is 0.0238. The zero-order valence-electron chi connectivity index (χ0n) is 11.5. The van der Waals surface area contributed by atoms with Crippen LogP contribution in [0.25, 0.3) is 0 Å². The van der Waals surface area contributed by atoms with Crippen LogP contribution in [0, 0.1) is 12.3 Å². The Labute approximate surface area is 112 Å². The van der Waals surface area contributed by atoms with E-state index < -0.39 is 5.97 Å². The molecule has 0 spiro atoms. The predicted octanol–water partition coefficient (Wildman–Crippen LogP) is 2.19. The van der Waals surface area contributed by atoms with Crippen molar-refractivity contribution in [2.45, 2.75) is 33.2 Å². The number of hydrogen-bond acceptors (Lipinski definition) is 4. The lowest BCUT2D eigenvalue weighted by atomic mass is 9.82. The summed E-state index contributed by atoms with van der Waals surface area (Å²) < 4.78 is 10.8. The summed E-state index contributed by atoms with van der Waals surface area (Å²) >= 11 is 0. The quantitative estimate of drug-likeness (QED) is 0.855. The van der Waals surface area contributed by atoms with Crippen LogP contribution in [0.1, 0.15) is 41.6 Å². The Morgan fingerprint density at radius 3 is 2.74 bits per heavy atom. The number of aromatic carboxylic acids is 1. The average molecular weight is 267 g/mol. The topological polar surface area (TPSA) is 71.7 Å². The largest absolute Gasteiger partial charge is 0.478 e. The van der Waals surface area contributed by atoms with Crippen molar-refractivity contribution >= 4 is 5.97 Å². The fourth-order valence-corrected chi connectivity index (χ4v) is 2.37. The van der Waals surface area contributed by atoms with E-state index in [4.69, 9.17) is 14.3 Å². The summed E-state index contributed by atoms with van der Waals surface area (Å²) in [4.78, 5) is 10.9. The maximum absolute atomic E-state index is 10.9. The number of rotatable bonds is 5. The molecule has 1 aromatic rings. The molecule has 0 amide bonds. The lowest BCUT2D eigenvalue weighted by Crippen LogP contribution is -2.36. The van der Waals surface area contributed by atoms with Crippen LogP contribution in [-0.2, 0) is 11.3 Å². The normalized spacial score (nSPS) is 18.4. The van der Waals surface area contributed by atoms with Gasteiger partial charge in [-0.1, -0.05) is 6.92 Å². The second-order valence-corrected chi connectivity index (χ2v) is 5.51. The summed E-state index contributed by atoms with van der Waals surface area (Å²) in [6.45, 7) is 7.01. The molecule has 1 aliphatic rings. The highest BCUT2D eigenvalue weighted by molar-refractivity contribution is 5.88. The summed E-state index contributed by atoms with van der Waals surface area (Å²) in [6, 6.07) is 1.59. The molecular weight excluding hydrogens is 246 g/mol. The van der Waals surface area contributed by atoms with E-state index in [1.807, 2.05) is 0 Å². The SMILES string of the molecule is Cc1oc(CNCC2(C)CCOCC2)cc1C(=O)O. The summed E-state index contributed by atoms with van der Waals surface area (Å²) in [5, 5.41) is 12.3. The van der Waals surface area contributed by atoms with E-state index in [0.717, 1.165) is 32.6 Å². The Morgan fingerprint density at radius 1 is 1.47 bits per heavy atom. The van der Waals surface area contributed by atoms with Crippen molar-refractivity contribution in [2.24, 2.45) is 5.41 Å². The molecule has 0 unspecified atom stereocenters. The lowest BCUT2D eigenvalue weighted by Gasteiger charge is -2.33. The van der Waals surface area contributed by atoms with Crippen LogP contribution >= 0.6 is 0 Å². The number of furan rings is 1. The van der Waals surface area contributed by atoms with Gasteiger partial charge in [-0.3, -0.25) is 0 Å². The van der Waals surface area contributed by atoms with E-state index in [2.05, 4.69) is 12.2 Å². The minimum atomic E-state index is -0.941. The summed E-state index contributed by atoms with van der Waals surface area (Å²) in [5.74, 6) is 0.191. The minimum Gasteiger partial charge on any atom is -0.478 e.